The van der Waals surface area contributed by atoms with Crippen LogP contribution in [0, 0.1) is 12.8 Å². The third-order valence-corrected chi connectivity index (χ3v) is 4.05. The normalized spacial score (nSPS) is 18.6. The molecular formula is C12H17N3O3S. The van der Waals surface area contributed by atoms with E-state index in [9.17, 15) is 9.59 Å². The minimum atomic E-state index is -0.777. The van der Waals surface area contributed by atoms with Gasteiger partial charge < -0.3 is 10.0 Å². The Labute approximate surface area is 115 Å². The number of carboxylic acids is 1. The molecule has 2 rings (SSSR count). The Morgan fingerprint density at radius 2 is 2.42 bits per heavy atom. The van der Waals surface area contributed by atoms with Crippen LogP contribution < -0.4 is 5.32 Å². The van der Waals surface area contributed by atoms with Gasteiger partial charge in [-0.25, -0.2) is 9.78 Å². The Morgan fingerprint density at radius 1 is 1.63 bits per heavy atom. The number of aromatic nitrogens is 1. The number of urea groups is 1. The van der Waals surface area contributed by atoms with Crippen molar-refractivity contribution in [2.45, 2.75) is 26.2 Å². The minimum absolute atomic E-state index is 0.146. The summed E-state index contributed by atoms with van der Waals surface area (Å²) in [6, 6.07) is -0.146. The van der Waals surface area contributed by atoms with Gasteiger partial charge >= 0.3 is 12.0 Å². The molecule has 2 N–H and O–H groups in total. The highest BCUT2D eigenvalue weighted by Crippen LogP contribution is 2.22. The zero-order chi connectivity index (χ0) is 13.8. The monoisotopic (exact) mass is 283 g/mol. The van der Waals surface area contributed by atoms with Gasteiger partial charge in [-0.05, 0) is 25.7 Å². The van der Waals surface area contributed by atoms with E-state index in [1.54, 1.807) is 4.90 Å². The maximum Gasteiger partial charge on any atom is 0.323 e. The quantitative estimate of drug-likeness (QED) is 0.887. The predicted octanol–water partition coefficient (Wildman–Crippen LogP) is 2.17. The molecule has 0 saturated carbocycles. The number of nitrogens with one attached hydrogen (secondary N) is 1. The zero-order valence-electron chi connectivity index (χ0n) is 10.8. The highest BCUT2D eigenvalue weighted by molar-refractivity contribution is 7.13. The lowest BCUT2D eigenvalue weighted by Crippen LogP contribution is -2.33. The van der Waals surface area contributed by atoms with Crippen LogP contribution in [0.3, 0.4) is 0 Å². The number of thiazole rings is 1. The molecule has 0 radical (unpaired) electrons. The Hall–Kier alpha value is -1.63. The second-order valence-corrected chi connectivity index (χ2v) is 5.62. The number of hydrogen-bond donors (Lipinski definition) is 2. The highest BCUT2D eigenvalue weighted by atomic mass is 32.1. The van der Waals surface area contributed by atoms with E-state index in [4.69, 9.17) is 5.11 Å². The van der Waals surface area contributed by atoms with Crippen LogP contribution in [0.4, 0.5) is 9.93 Å². The van der Waals surface area contributed by atoms with Crippen molar-refractivity contribution in [2.75, 3.05) is 18.4 Å². The van der Waals surface area contributed by atoms with Crippen molar-refractivity contribution in [1.82, 2.24) is 9.88 Å². The summed E-state index contributed by atoms with van der Waals surface area (Å²) >= 11 is 1.40. The van der Waals surface area contributed by atoms with Gasteiger partial charge in [-0.15, -0.1) is 11.3 Å². The summed E-state index contributed by atoms with van der Waals surface area (Å²) in [6.07, 6.45) is 1.68. The first kappa shape index (κ1) is 13.8. The van der Waals surface area contributed by atoms with Crippen LogP contribution in [0.1, 0.15) is 25.0 Å². The minimum Gasteiger partial charge on any atom is -0.481 e. The molecule has 6 nitrogen and oxygen atoms in total. The molecule has 1 atom stereocenters. The number of hydrogen-bond acceptors (Lipinski definition) is 4. The molecule has 0 aromatic carbocycles. The number of carbonyl (C=O) groups is 2. The van der Waals surface area contributed by atoms with Crippen LogP contribution in [0.2, 0.25) is 0 Å². The summed E-state index contributed by atoms with van der Waals surface area (Å²) in [5.74, 6) is -0.485. The third kappa shape index (κ3) is 3.92. The lowest BCUT2D eigenvalue weighted by atomic mass is 10.0. The third-order valence-electron chi connectivity index (χ3n) is 3.17. The van der Waals surface area contributed by atoms with Gasteiger partial charge in [-0.3, -0.25) is 10.1 Å². The fourth-order valence-electron chi connectivity index (χ4n) is 2.16. The number of aliphatic carboxylic acids is 1. The number of aryl methyl sites for hydroxylation is 1. The van der Waals surface area contributed by atoms with Crippen molar-refractivity contribution in [3.8, 4) is 0 Å². The van der Waals surface area contributed by atoms with Crippen LogP contribution in [0.25, 0.3) is 0 Å². The molecule has 2 amide bonds. The van der Waals surface area contributed by atoms with Gasteiger partial charge in [0.05, 0.1) is 5.69 Å². The largest absolute Gasteiger partial charge is 0.481 e. The number of carbonyl (C=O) groups excluding carboxylic acids is 1. The lowest BCUT2D eigenvalue weighted by molar-refractivity contribution is -0.137. The number of nitrogens with zero attached hydrogens (tertiary/aromatic N) is 2. The topological polar surface area (TPSA) is 82.5 Å². The van der Waals surface area contributed by atoms with Gasteiger partial charge in [-0.2, -0.15) is 0 Å². The van der Waals surface area contributed by atoms with E-state index in [0.717, 1.165) is 12.1 Å². The molecule has 1 aliphatic rings. The van der Waals surface area contributed by atoms with Gasteiger partial charge in [-0.1, -0.05) is 0 Å². The molecule has 0 bridgehead atoms. The number of anilines is 1. The van der Waals surface area contributed by atoms with Gasteiger partial charge in [0.15, 0.2) is 5.13 Å². The van der Waals surface area contributed by atoms with Crippen molar-refractivity contribution in [3.05, 3.63) is 11.1 Å². The van der Waals surface area contributed by atoms with Crippen molar-refractivity contribution in [2.24, 2.45) is 5.92 Å². The average molecular weight is 283 g/mol. The zero-order valence-corrected chi connectivity index (χ0v) is 11.6. The summed E-state index contributed by atoms with van der Waals surface area (Å²) in [4.78, 5) is 28.4. The van der Waals surface area contributed by atoms with E-state index in [2.05, 4.69) is 10.3 Å². The molecule has 0 aliphatic carbocycles. The number of amides is 2. The second kappa shape index (κ2) is 6.01. The fraction of sp³-hybridized carbons (Fsp3) is 0.583. The molecule has 1 aromatic heterocycles. The molecular weight excluding hydrogens is 266 g/mol. The molecule has 1 fully saturated rings. The molecule has 2 heterocycles. The van der Waals surface area contributed by atoms with Crippen molar-refractivity contribution in [3.63, 3.8) is 0 Å². The summed E-state index contributed by atoms with van der Waals surface area (Å²) in [5, 5.41) is 13.9. The first-order chi connectivity index (χ1) is 9.04. The Morgan fingerprint density at radius 3 is 3.05 bits per heavy atom. The van der Waals surface area contributed by atoms with E-state index < -0.39 is 5.97 Å². The Bertz CT molecular complexity index is 475. The first-order valence-corrected chi connectivity index (χ1v) is 7.12. The van der Waals surface area contributed by atoms with Crippen LogP contribution >= 0.6 is 11.3 Å². The SMILES string of the molecule is Cc1csc(NC(=O)N2CCC(CCC(=O)O)C2)n1. The molecule has 0 spiro atoms. The van der Waals surface area contributed by atoms with Crippen LogP contribution in [0.15, 0.2) is 5.38 Å². The van der Waals surface area contributed by atoms with Crippen molar-refractivity contribution < 1.29 is 14.7 Å². The van der Waals surface area contributed by atoms with Crippen LogP contribution in [0.5, 0.6) is 0 Å². The van der Waals surface area contributed by atoms with Crippen LogP contribution in [-0.2, 0) is 4.79 Å². The summed E-state index contributed by atoms with van der Waals surface area (Å²) in [7, 11) is 0. The van der Waals surface area contributed by atoms with Crippen molar-refractivity contribution >= 4 is 28.5 Å². The standard InChI is InChI=1S/C12H17N3O3S/c1-8-7-19-11(13-8)14-12(18)15-5-4-9(6-15)2-3-10(16)17/h7,9H,2-6H2,1H3,(H,16,17)(H,13,14,18). The highest BCUT2D eigenvalue weighted by Gasteiger charge is 2.26. The molecule has 1 unspecified atom stereocenters. The van der Waals surface area contributed by atoms with Gasteiger partial charge in [0, 0.05) is 24.9 Å². The van der Waals surface area contributed by atoms with E-state index in [1.165, 1.54) is 11.3 Å². The molecule has 7 heteroatoms. The van der Waals surface area contributed by atoms with Gasteiger partial charge in [0.1, 0.15) is 0 Å². The van der Waals surface area contributed by atoms with Crippen LogP contribution in [-0.4, -0.2) is 40.1 Å². The number of carboxylic acid groups (broad SMARTS) is 1. The summed E-state index contributed by atoms with van der Waals surface area (Å²) in [6.45, 7) is 3.19. The van der Waals surface area contributed by atoms with E-state index in [1.807, 2.05) is 12.3 Å². The Kier molecular flexibility index (Phi) is 4.36. The predicted molar refractivity (Wildman–Crippen MR) is 72.4 cm³/mol. The molecule has 1 aromatic rings. The van der Waals surface area contributed by atoms with Gasteiger partial charge in [0.2, 0.25) is 0 Å². The average Bonchev–Trinajstić information content (AvgIpc) is 2.95. The summed E-state index contributed by atoms with van der Waals surface area (Å²) in [5.41, 5.74) is 0.890. The lowest BCUT2D eigenvalue weighted by Gasteiger charge is -2.16. The molecule has 19 heavy (non-hydrogen) atoms. The maximum absolute atomic E-state index is 12.0. The maximum atomic E-state index is 12.0. The van der Waals surface area contributed by atoms with Gasteiger partial charge in [0.25, 0.3) is 0 Å². The molecule has 1 aliphatic heterocycles. The van der Waals surface area contributed by atoms with Crippen molar-refractivity contribution in [1.29, 1.82) is 0 Å². The smallest absolute Gasteiger partial charge is 0.323 e. The Balaban J connectivity index is 1.80. The summed E-state index contributed by atoms with van der Waals surface area (Å²) < 4.78 is 0. The van der Waals surface area contributed by atoms with E-state index in [-0.39, 0.29) is 12.5 Å². The first-order valence-electron chi connectivity index (χ1n) is 6.24. The number of rotatable bonds is 4. The fourth-order valence-corrected chi connectivity index (χ4v) is 2.84. The molecule has 104 valence electrons. The van der Waals surface area contributed by atoms with E-state index in [0.29, 0.717) is 30.6 Å². The second-order valence-electron chi connectivity index (χ2n) is 4.76. The molecule has 1 saturated heterocycles. The van der Waals surface area contributed by atoms with E-state index >= 15 is 0 Å². The number of likely N-dealkylation sites (tertiary alicyclic amines) is 1.